The van der Waals surface area contributed by atoms with E-state index in [2.05, 4.69) is 32.5 Å². The first kappa shape index (κ1) is 14.2. The van der Waals surface area contributed by atoms with Crippen molar-refractivity contribution in [3.8, 4) is 11.5 Å². The zero-order valence-electron chi connectivity index (χ0n) is 12.9. The van der Waals surface area contributed by atoms with E-state index in [1.807, 2.05) is 30.1 Å². The Morgan fingerprint density at radius 2 is 2.23 bits per heavy atom. The predicted molar refractivity (Wildman–Crippen MR) is 82.2 cm³/mol. The van der Waals surface area contributed by atoms with Gasteiger partial charge < -0.3 is 9.84 Å². The van der Waals surface area contributed by atoms with Crippen LogP contribution in [0.15, 0.2) is 29.0 Å². The molecule has 0 aliphatic carbocycles. The number of hydrogen-bond acceptors (Lipinski definition) is 6. The fraction of sp³-hybridized carbons (Fsp3) is 0.333. The molecule has 3 heterocycles. The molecule has 0 saturated heterocycles. The monoisotopic (exact) mass is 298 g/mol. The van der Waals surface area contributed by atoms with Crippen LogP contribution in [0.3, 0.4) is 0 Å². The molecule has 22 heavy (non-hydrogen) atoms. The van der Waals surface area contributed by atoms with Crippen LogP contribution in [0, 0.1) is 6.92 Å². The molecule has 0 aliphatic heterocycles. The van der Waals surface area contributed by atoms with Crippen LogP contribution >= 0.6 is 0 Å². The smallest absolute Gasteiger partial charge is 0.261 e. The molecule has 0 bridgehead atoms. The van der Waals surface area contributed by atoms with Crippen LogP contribution in [-0.4, -0.2) is 24.9 Å². The molecule has 0 aromatic carbocycles. The highest BCUT2D eigenvalue weighted by atomic mass is 16.5. The largest absolute Gasteiger partial charge is 0.365 e. The minimum Gasteiger partial charge on any atom is -0.365 e. The SMILES string of the molecule is CCc1nn(C)cc1CNc1ncccc1-c1nc(C)no1. The lowest BCUT2D eigenvalue weighted by Crippen LogP contribution is -2.04. The van der Waals surface area contributed by atoms with Crippen molar-refractivity contribution in [1.29, 1.82) is 0 Å². The Kier molecular flexibility index (Phi) is 3.86. The first-order chi connectivity index (χ1) is 10.7. The van der Waals surface area contributed by atoms with Crippen LogP contribution in [-0.2, 0) is 20.0 Å². The Bertz CT molecular complexity index is 776. The summed E-state index contributed by atoms with van der Waals surface area (Å²) >= 11 is 0. The summed E-state index contributed by atoms with van der Waals surface area (Å²) in [4.78, 5) is 8.64. The Labute approximate surface area is 128 Å². The number of aryl methyl sites for hydroxylation is 3. The second kappa shape index (κ2) is 5.97. The van der Waals surface area contributed by atoms with E-state index in [1.165, 1.54) is 0 Å². The quantitative estimate of drug-likeness (QED) is 0.778. The van der Waals surface area contributed by atoms with Gasteiger partial charge in [-0.2, -0.15) is 10.1 Å². The van der Waals surface area contributed by atoms with E-state index in [0.29, 0.717) is 18.3 Å². The maximum absolute atomic E-state index is 5.23. The zero-order chi connectivity index (χ0) is 15.5. The third-order valence-electron chi connectivity index (χ3n) is 3.34. The highest BCUT2D eigenvalue weighted by molar-refractivity contribution is 5.68. The topological polar surface area (TPSA) is 81.7 Å². The second-order valence-electron chi connectivity index (χ2n) is 5.03. The van der Waals surface area contributed by atoms with E-state index in [0.717, 1.165) is 29.1 Å². The lowest BCUT2D eigenvalue weighted by Gasteiger charge is -2.08. The fourth-order valence-electron chi connectivity index (χ4n) is 2.33. The van der Waals surface area contributed by atoms with E-state index in [9.17, 15) is 0 Å². The molecular weight excluding hydrogens is 280 g/mol. The zero-order valence-corrected chi connectivity index (χ0v) is 12.9. The Hall–Kier alpha value is -2.70. The summed E-state index contributed by atoms with van der Waals surface area (Å²) in [7, 11) is 1.93. The molecule has 0 fully saturated rings. The highest BCUT2D eigenvalue weighted by Gasteiger charge is 2.13. The third kappa shape index (κ3) is 2.83. The number of nitrogens with zero attached hydrogens (tertiary/aromatic N) is 5. The molecule has 1 N–H and O–H groups in total. The van der Waals surface area contributed by atoms with Gasteiger partial charge in [0, 0.05) is 31.5 Å². The lowest BCUT2D eigenvalue weighted by atomic mass is 10.2. The molecule has 7 nitrogen and oxygen atoms in total. The Morgan fingerprint density at radius 1 is 1.36 bits per heavy atom. The Morgan fingerprint density at radius 3 is 2.95 bits per heavy atom. The molecule has 3 aromatic rings. The van der Waals surface area contributed by atoms with Gasteiger partial charge in [0.1, 0.15) is 5.82 Å². The van der Waals surface area contributed by atoms with Gasteiger partial charge in [0.05, 0.1) is 11.3 Å². The van der Waals surface area contributed by atoms with Gasteiger partial charge in [0.2, 0.25) is 0 Å². The lowest BCUT2D eigenvalue weighted by molar-refractivity contribution is 0.425. The molecule has 0 aliphatic rings. The number of aromatic nitrogens is 5. The van der Waals surface area contributed by atoms with Crippen molar-refractivity contribution in [1.82, 2.24) is 24.9 Å². The summed E-state index contributed by atoms with van der Waals surface area (Å²) in [6.07, 6.45) is 4.65. The fourth-order valence-corrected chi connectivity index (χ4v) is 2.33. The molecule has 114 valence electrons. The van der Waals surface area contributed by atoms with Gasteiger partial charge in [-0.15, -0.1) is 0 Å². The molecular formula is C15H18N6O. The minimum atomic E-state index is 0.468. The molecule has 7 heteroatoms. The van der Waals surface area contributed by atoms with Gasteiger partial charge in [0.25, 0.3) is 5.89 Å². The first-order valence-corrected chi connectivity index (χ1v) is 7.18. The van der Waals surface area contributed by atoms with Crippen molar-refractivity contribution < 1.29 is 4.52 Å². The van der Waals surface area contributed by atoms with Crippen LogP contribution in [0.25, 0.3) is 11.5 Å². The Balaban J connectivity index is 1.84. The van der Waals surface area contributed by atoms with Gasteiger partial charge in [0.15, 0.2) is 5.82 Å². The van der Waals surface area contributed by atoms with Crippen LogP contribution in [0.2, 0.25) is 0 Å². The number of rotatable bonds is 5. The maximum atomic E-state index is 5.23. The van der Waals surface area contributed by atoms with Crippen molar-refractivity contribution >= 4 is 5.82 Å². The average Bonchev–Trinajstić information content (AvgIpc) is 3.11. The minimum absolute atomic E-state index is 0.468. The number of pyridine rings is 1. The van der Waals surface area contributed by atoms with E-state index in [-0.39, 0.29) is 0 Å². The molecule has 3 aromatic heterocycles. The van der Waals surface area contributed by atoms with Crippen LogP contribution in [0.4, 0.5) is 5.82 Å². The van der Waals surface area contributed by atoms with Crippen LogP contribution in [0.1, 0.15) is 24.0 Å². The van der Waals surface area contributed by atoms with Gasteiger partial charge in [-0.3, -0.25) is 4.68 Å². The van der Waals surface area contributed by atoms with Crippen molar-refractivity contribution in [3.05, 3.63) is 41.6 Å². The van der Waals surface area contributed by atoms with Crippen molar-refractivity contribution in [3.63, 3.8) is 0 Å². The van der Waals surface area contributed by atoms with E-state index in [1.54, 1.807) is 13.1 Å². The predicted octanol–water partition coefficient (Wildman–Crippen LogP) is 2.35. The summed E-state index contributed by atoms with van der Waals surface area (Å²) in [5.74, 6) is 1.79. The summed E-state index contributed by atoms with van der Waals surface area (Å²) in [6, 6.07) is 3.76. The molecule has 0 radical (unpaired) electrons. The van der Waals surface area contributed by atoms with Gasteiger partial charge >= 0.3 is 0 Å². The molecule has 0 atom stereocenters. The normalized spacial score (nSPS) is 10.9. The summed E-state index contributed by atoms with van der Waals surface area (Å²) in [5.41, 5.74) is 3.04. The third-order valence-corrected chi connectivity index (χ3v) is 3.34. The van der Waals surface area contributed by atoms with E-state index < -0.39 is 0 Å². The number of hydrogen-bond donors (Lipinski definition) is 1. The van der Waals surface area contributed by atoms with Gasteiger partial charge in [-0.25, -0.2) is 4.98 Å². The maximum Gasteiger partial charge on any atom is 0.261 e. The van der Waals surface area contributed by atoms with Crippen molar-refractivity contribution in [2.24, 2.45) is 7.05 Å². The summed E-state index contributed by atoms with van der Waals surface area (Å²) in [5, 5.41) is 11.6. The second-order valence-corrected chi connectivity index (χ2v) is 5.03. The molecule has 3 rings (SSSR count). The standard InChI is InChI=1S/C15H18N6O/c1-4-13-11(9-21(3)19-13)8-17-14-12(6-5-7-16-14)15-18-10(2)20-22-15/h5-7,9H,4,8H2,1-3H3,(H,16,17). The molecule has 0 amide bonds. The average molecular weight is 298 g/mol. The number of nitrogens with one attached hydrogen (secondary N) is 1. The van der Waals surface area contributed by atoms with Crippen molar-refractivity contribution in [2.75, 3.05) is 5.32 Å². The summed E-state index contributed by atoms with van der Waals surface area (Å²) < 4.78 is 7.06. The number of anilines is 1. The van der Waals surface area contributed by atoms with Gasteiger partial charge in [-0.05, 0) is 25.5 Å². The molecule has 0 saturated carbocycles. The van der Waals surface area contributed by atoms with E-state index >= 15 is 0 Å². The highest BCUT2D eigenvalue weighted by Crippen LogP contribution is 2.24. The summed E-state index contributed by atoms with van der Waals surface area (Å²) in [6.45, 7) is 4.53. The molecule has 0 unspecified atom stereocenters. The van der Waals surface area contributed by atoms with E-state index in [4.69, 9.17) is 4.52 Å². The van der Waals surface area contributed by atoms with Crippen LogP contribution < -0.4 is 5.32 Å². The molecule has 0 spiro atoms. The van der Waals surface area contributed by atoms with Gasteiger partial charge in [-0.1, -0.05) is 12.1 Å². The first-order valence-electron chi connectivity index (χ1n) is 7.18. The van der Waals surface area contributed by atoms with Crippen molar-refractivity contribution in [2.45, 2.75) is 26.8 Å². The van der Waals surface area contributed by atoms with Crippen LogP contribution in [0.5, 0.6) is 0 Å².